The molecule has 2 rings (SSSR count). The van der Waals surface area contributed by atoms with Gasteiger partial charge in [0.05, 0.1) is 0 Å². The molecule has 0 aliphatic carbocycles. The molecule has 0 spiro atoms. The fourth-order valence-corrected chi connectivity index (χ4v) is 2.86. The van der Waals surface area contributed by atoms with Gasteiger partial charge < -0.3 is 15.0 Å². The first-order valence-corrected chi connectivity index (χ1v) is 8.40. The van der Waals surface area contributed by atoms with Crippen molar-refractivity contribution in [3.8, 4) is 5.75 Å². The number of carbonyl (C=O) groups is 1. The molecule has 1 aliphatic rings. The van der Waals surface area contributed by atoms with E-state index in [0.29, 0.717) is 18.0 Å². The summed E-state index contributed by atoms with van der Waals surface area (Å²) in [6.07, 6.45) is 0.465. The van der Waals surface area contributed by atoms with Gasteiger partial charge in [0.2, 0.25) is 5.91 Å². The SMILES string of the molecule is CCCN1CC[C@@H](CNC(=O)/C=C/c2ccc(OC(F)(F)F)cc2)C1. The molecule has 1 amide bonds. The monoisotopic (exact) mass is 356 g/mol. The van der Waals surface area contributed by atoms with Crippen LogP contribution in [-0.4, -0.2) is 43.3 Å². The van der Waals surface area contributed by atoms with E-state index in [9.17, 15) is 18.0 Å². The Hall–Kier alpha value is -2.02. The van der Waals surface area contributed by atoms with Gasteiger partial charge in [0.1, 0.15) is 5.75 Å². The number of rotatable bonds is 7. The van der Waals surface area contributed by atoms with Gasteiger partial charge in [0.15, 0.2) is 0 Å². The Kier molecular flexibility index (Phi) is 6.87. The predicted molar refractivity (Wildman–Crippen MR) is 90.0 cm³/mol. The molecule has 0 radical (unpaired) electrons. The van der Waals surface area contributed by atoms with Crippen LogP contribution in [0, 0.1) is 5.92 Å². The van der Waals surface area contributed by atoms with Crippen LogP contribution in [0.2, 0.25) is 0 Å². The number of halogens is 3. The number of hydrogen-bond donors (Lipinski definition) is 1. The summed E-state index contributed by atoms with van der Waals surface area (Å²) in [6.45, 7) is 5.98. The van der Waals surface area contributed by atoms with Crippen molar-refractivity contribution in [2.45, 2.75) is 26.1 Å². The first-order valence-electron chi connectivity index (χ1n) is 8.40. The van der Waals surface area contributed by atoms with Crippen LogP contribution in [0.15, 0.2) is 30.3 Å². The topological polar surface area (TPSA) is 41.6 Å². The summed E-state index contributed by atoms with van der Waals surface area (Å²) in [7, 11) is 0. The lowest BCUT2D eigenvalue weighted by Crippen LogP contribution is -2.30. The quantitative estimate of drug-likeness (QED) is 0.761. The first kappa shape index (κ1) is 19.3. The average molecular weight is 356 g/mol. The zero-order valence-corrected chi connectivity index (χ0v) is 14.2. The summed E-state index contributed by atoms with van der Waals surface area (Å²) in [4.78, 5) is 14.2. The van der Waals surface area contributed by atoms with Crippen LogP contribution in [0.4, 0.5) is 13.2 Å². The highest BCUT2D eigenvalue weighted by Crippen LogP contribution is 2.23. The van der Waals surface area contributed by atoms with Gasteiger partial charge in [-0.15, -0.1) is 13.2 Å². The Morgan fingerprint density at radius 1 is 1.36 bits per heavy atom. The second-order valence-electron chi connectivity index (χ2n) is 6.15. The number of alkyl halides is 3. The zero-order valence-electron chi connectivity index (χ0n) is 14.2. The Morgan fingerprint density at radius 3 is 2.72 bits per heavy atom. The van der Waals surface area contributed by atoms with Crippen LogP contribution in [0.5, 0.6) is 5.75 Å². The van der Waals surface area contributed by atoms with Crippen LogP contribution in [0.25, 0.3) is 6.08 Å². The molecule has 1 saturated heterocycles. The van der Waals surface area contributed by atoms with Gasteiger partial charge in [-0.2, -0.15) is 0 Å². The highest BCUT2D eigenvalue weighted by molar-refractivity contribution is 5.91. The van der Waals surface area contributed by atoms with E-state index in [0.717, 1.165) is 32.5 Å². The largest absolute Gasteiger partial charge is 0.573 e. The fourth-order valence-electron chi connectivity index (χ4n) is 2.86. The van der Waals surface area contributed by atoms with E-state index in [4.69, 9.17) is 0 Å². The number of nitrogens with zero attached hydrogens (tertiary/aromatic N) is 1. The number of nitrogens with one attached hydrogen (secondary N) is 1. The summed E-state index contributed by atoms with van der Waals surface area (Å²) in [5.74, 6) is -0.0146. The summed E-state index contributed by atoms with van der Waals surface area (Å²) < 4.78 is 40.0. The minimum absolute atomic E-state index is 0.204. The van der Waals surface area contributed by atoms with Gasteiger partial charge in [0.25, 0.3) is 0 Å². The number of hydrogen-bond acceptors (Lipinski definition) is 3. The van der Waals surface area contributed by atoms with Gasteiger partial charge in [-0.05, 0) is 55.6 Å². The maximum absolute atomic E-state index is 12.1. The van der Waals surface area contributed by atoms with Crippen molar-refractivity contribution >= 4 is 12.0 Å². The van der Waals surface area contributed by atoms with E-state index in [1.165, 1.54) is 30.3 Å². The van der Waals surface area contributed by atoms with Crippen molar-refractivity contribution in [2.75, 3.05) is 26.2 Å². The molecular weight excluding hydrogens is 333 g/mol. The molecule has 1 N–H and O–H groups in total. The maximum atomic E-state index is 12.1. The highest BCUT2D eigenvalue weighted by Gasteiger charge is 2.30. The molecule has 7 heteroatoms. The lowest BCUT2D eigenvalue weighted by molar-refractivity contribution is -0.274. The fraction of sp³-hybridized carbons (Fsp3) is 0.500. The molecule has 0 bridgehead atoms. The van der Waals surface area contributed by atoms with Crippen molar-refractivity contribution in [3.63, 3.8) is 0 Å². The molecule has 1 fully saturated rings. The van der Waals surface area contributed by atoms with Crippen LogP contribution >= 0.6 is 0 Å². The van der Waals surface area contributed by atoms with Crippen molar-refractivity contribution in [3.05, 3.63) is 35.9 Å². The van der Waals surface area contributed by atoms with E-state index in [1.54, 1.807) is 6.08 Å². The number of carbonyl (C=O) groups excluding carboxylic acids is 1. The number of amides is 1. The second kappa shape index (κ2) is 8.89. The summed E-state index contributed by atoms with van der Waals surface area (Å²) in [5.41, 5.74) is 0.625. The van der Waals surface area contributed by atoms with Crippen LogP contribution in [0.1, 0.15) is 25.3 Å². The molecule has 1 aliphatic heterocycles. The lowest BCUT2D eigenvalue weighted by atomic mass is 10.1. The van der Waals surface area contributed by atoms with Crippen molar-refractivity contribution in [1.82, 2.24) is 10.2 Å². The second-order valence-corrected chi connectivity index (χ2v) is 6.15. The molecule has 1 aromatic carbocycles. The third-order valence-corrected chi connectivity index (χ3v) is 4.02. The molecule has 1 heterocycles. The molecule has 1 aromatic rings. The zero-order chi connectivity index (χ0) is 18.3. The first-order chi connectivity index (χ1) is 11.9. The molecule has 138 valence electrons. The molecule has 4 nitrogen and oxygen atoms in total. The Bertz CT molecular complexity index is 585. The average Bonchev–Trinajstić information content (AvgIpc) is 2.99. The van der Waals surface area contributed by atoms with E-state index < -0.39 is 6.36 Å². The van der Waals surface area contributed by atoms with E-state index in [1.807, 2.05) is 0 Å². The summed E-state index contributed by atoms with van der Waals surface area (Å²) in [6, 6.07) is 5.35. The Morgan fingerprint density at radius 2 is 2.08 bits per heavy atom. The molecule has 0 aromatic heterocycles. The van der Waals surface area contributed by atoms with Crippen LogP contribution in [-0.2, 0) is 4.79 Å². The molecule has 0 unspecified atom stereocenters. The van der Waals surface area contributed by atoms with Gasteiger partial charge in [0, 0.05) is 19.2 Å². The van der Waals surface area contributed by atoms with Crippen LogP contribution in [0.3, 0.4) is 0 Å². The normalized spacial score (nSPS) is 18.6. The summed E-state index contributed by atoms with van der Waals surface area (Å²) >= 11 is 0. The minimum atomic E-state index is -4.70. The van der Waals surface area contributed by atoms with Gasteiger partial charge in [-0.25, -0.2) is 0 Å². The molecular formula is C18H23F3N2O2. The molecule has 0 saturated carbocycles. The minimum Gasteiger partial charge on any atom is -0.406 e. The van der Waals surface area contributed by atoms with Crippen molar-refractivity contribution in [2.24, 2.45) is 5.92 Å². The smallest absolute Gasteiger partial charge is 0.406 e. The lowest BCUT2D eigenvalue weighted by Gasteiger charge is -2.14. The summed E-state index contributed by atoms with van der Waals surface area (Å²) in [5, 5.41) is 2.87. The Balaban J connectivity index is 1.75. The highest BCUT2D eigenvalue weighted by atomic mass is 19.4. The van der Waals surface area contributed by atoms with Crippen molar-refractivity contribution in [1.29, 1.82) is 0 Å². The van der Waals surface area contributed by atoms with Crippen molar-refractivity contribution < 1.29 is 22.7 Å². The van der Waals surface area contributed by atoms with E-state index in [-0.39, 0.29) is 11.7 Å². The standard InChI is InChI=1S/C18H23F3N2O2/c1-2-10-23-11-9-15(13-23)12-22-17(24)8-5-14-3-6-16(7-4-14)25-18(19,20)21/h3-8,15H,2,9-13H2,1H3,(H,22,24)/b8-5+/t15-/m0/s1. The number of benzene rings is 1. The Labute approximate surface area is 145 Å². The van der Waals surface area contributed by atoms with Gasteiger partial charge >= 0.3 is 6.36 Å². The van der Waals surface area contributed by atoms with Gasteiger partial charge in [-0.1, -0.05) is 19.1 Å². The number of ether oxygens (including phenoxy) is 1. The van der Waals surface area contributed by atoms with E-state index in [2.05, 4.69) is 21.9 Å². The maximum Gasteiger partial charge on any atom is 0.573 e. The van der Waals surface area contributed by atoms with Gasteiger partial charge in [-0.3, -0.25) is 4.79 Å². The molecule has 25 heavy (non-hydrogen) atoms. The number of likely N-dealkylation sites (tertiary alicyclic amines) is 1. The third kappa shape index (κ3) is 7.17. The van der Waals surface area contributed by atoms with Crippen LogP contribution < -0.4 is 10.1 Å². The molecule has 1 atom stereocenters. The predicted octanol–water partition coefficient (Wildman–Crippen LogP) is 3.45. The third-order valence-electron chi connectivity index (χ3n) is 4.02. The van der Waals surface area contributed by atoms with E-state index >= 15 is 0 Å².